The Bertz CT molecular complexity index is 176. The van der Waals surface area contributed by atoms with Gasteiger partial charge in [0.1, 0.15) is 0 Å². The predicted octanol–water partition coefficient (Wildman–Crippen LogP) is 6.66. The summed E-state index contributed by atoms with van der Waals surface area (Å²) in [6.45, 7) is 9.46. The van der Waals surface area contributed by atoms with Crippen LogP contribution >= 0.6 is 20.8 Å². The Labute approximate surface area is 118 Å². The van der Waals surface area contributed by atoms with Gasteiger partial charge in [-0.1, -0.05) is 0 Å². The van der Waals surface area contributed by atoms with Gasteiger partial charge in [0.25, 0.3) is 0 Å². The van der Waals surface area contributed by atoms with E-state index in [9.17, 15) is 0 Å². The molecule has 0 nitrogen and oxygen atoms in total. The van der Waals surface area contributed by atoms with Gasteiger partial charge in [-0.25, -0.2) is 0 Å². The first-order chi connectivity index (χ1) is 8.04. The molecule has 0 atom stereocenters. The molecule has 0 saturated heterocycles. The van der Waals surface area contributed by atoms with E-state index in [-0.39, 0.29) is 0 Å². The van der Waals surface area contributed by atoms with E-state index in [1.54, 1.807) is 0 Å². The van der Waals surface area contributed by atoms with E-state index in [0.29, 0.717) is 0 Å². The monoisotopic (exact) mass is 324 g/mol. The second kappa shape index (κ2) is 8.92. The molecule has 0 aliphatic carbocycles. The van der Waals surface area contributed by atoms with Crippen LogP contribution in [0.2, 0.25) is 0 Å². The van der Waals surface area contributed by atoms with Crippen molar-refractivity contribution in [3.05, 3.63) is 0 Å². The van der Waals surface area contributed by atoms with Crippen LogP contribution in [0.25, 0.3) is 0 Å². The summed E-state index contributed by atoms with van der Waals surface area (Å²) < 4.78 is 0. The van der Waals surface area contributed by atoms with E-state index in [4.69, 9.17) is 0 Å². The van der Waals surface area contributed by atoms with Crippen molar-refractivity contribution in [3.63, 3.8) is 0 Å². The average Bonchev–Trinajstić information content (AvgIpc) is 2.38. The van der Waals surface area contributed by atoms with Gasteiger partial charge < -0.3 is 0 Å². The van der Waals surface area contributed by atoms with Gasteiger partial charge in [-0.15, -0.1) is 0 Å². The molecule has 0 saturated carbocycles. The topological polar surface area (TPSA) is 0 Å². The zero-order valence-corrected chi connectivity index (χ0v) is 15.1. The molecule has 0 radical (unpaired) electrons. The second-order valence-electron chi connectivity index (χ2n) is 5.61. The van der Waals surface area contributed by atoms with Crippen LogP contribution in [0.3, 0.4) is 0 Å². The first-order valence-electron chi connectivity index (χ1n) is 7.76. The molecule has 106 valence electrons. The van der Waals surface area contributed by atoms with Crippen LogP contribution in [0.1, 0.15) is 72.6 Å². The van der Waals surface area contributed by atoms with Gasteiger partial charge >= 0.3 is 118 Å². The summed E-state index contributed by atoms with van der Waals surface area (Å²) in [4.78, 5) is 0. The predicted molar refractivity (Wildman–Crippen MR) is 90.3 cm³/mol. The van der Waals surface area contributed by atoms with Crippen molar-refractivity contribution < 1.29 is 0 Å². The molecular weight excluding hydrogens is 291 g/mol. The molecular formula is C15H34BrP. The molecule has 0 amide bonds. The van der Waals surface area contributed by atoms with Crippen molar-refractivity contribution in [2.45, 2.75) is 72.6 Å². The van der Waals surface area contributed by atoms with Gasteiger partial charge in [0, 0.05) is 0 Å². The Kier molecular flexibility index (Phi) is 9.39. The zero-order chi connectivity index (χ0) is 13.2. The molecule has 0 N–H and O–H groups in total. The van der Waals surface area contributed by atoms with Crippen molar-refractivity contribution in [3.8, 4) is 0 Å². The molecule has 0 fully saturated rings. The van der Waals surface area contributed by atoms with E-state index >= 15 is 0 Å². The minimum atomic E-state index is -1.45. The molecule has 0 aromatic rings. The molecule has 0 rings (SSSR count). The summed E-state index contributed by atoms with van der Waals surface area (Å²) in [5, 5.41) is -1.45. The Morgan fingerprint density at radius 1 is 0.647 bits per heavy atom. The Balaban J connectivity index is 3.77. The molecule has 0 heterocycles. The van der Waals surface area contributed by atoms with Crippen molar-refractivity contribution in [1.82, 2.24) is 0 Å². The van der Waals surface area contributed by atoms with Gasteiger partial charge in [-0.05, 0) is 0 Å². The number of hydrogen-bond acceptors (Lipinski definition) is 0. The van der Waals surface area contributed by atoms with Gasteiger partial charge in [0.2, 0.25) is 0 Å². The van der Waals surface area contributed by atoms with E-state index in [0.717, 1.165) is 0 Å². The third kappa shape index (κ3) is 6.58. The summed E-state index contributed by atoms with van der Waals surface area (Å²) >= 11 is 4.21. The molecule has 0 aromatic heterocycles. The first kappa shape index (κ1) is 17.9. The number of halogens is 1. The fourth-order valence-corrected chi connectivity index (χ4v) is 6.67. The van der Waals surface area contributed by atoms with Gasteiger partial charge in [-0.3, -0.25) is 0 Å². The Hall–Kier alpha value is 0.910. The van der Waals surface area contributed by atoms with Crippen molar-refractivity contribution in [2.75, 3.05) is 24.6 Å². The number of unbranched alkanes of at least 4 members (excludes halogenated alkanes) is 6. The molecule has 2 heteroatoms. The summed E-state index contributed by atoms with van der Waals surface area (Å²) in [5.74, 6) is 0. The van der Waals surface area contributed by atoms with Crippen LogP contribution in [-0.4, -0.2) is 24.6 Å². The first-order valence-corrected chi connectivity index (χ1v) is 12.8. The molecule has 0 spiro atoms. The summed E-state index contributed by atoms with van der Waals surface area (Å²) in [6, 6.07) is 0. The van der Waals surface area contributed by atoms with Gasteiger partial charge in [0.05, 0.1) is 0 Å². The Morgan fingerprint density at radius 3 is 1.47 bits per heavy atom. The van der Waals surface area contributed by atoms with Gasteiger partial charge in [0.15, 0.2) is 0 Å². The third-order valence-electron chi connectivity index (χ3n) is 4.69. The maximum atomic E-state index is 4.21. The van der Waals surface area contributed by atoms with E-state index in [1.165, 1.54) is 69.6 Å². The number of rotatable bonds is 11. The fraction of sp³-hybridized carbons (Fsp3) is 1.00. The van der Waals surface area contributed by atoms with Crippen molar-refractivity contribution in [2.24, 2.45) is 0 Å². The van der Waals surface area contributed by atoms with Crippen molar-refractivity contribution >= 4 is 20.8 Å². The van der Waals surface area contributed by atoms with Crippen LogP contribution < -0.4 is 0 Å². The van der Waals surface area contributed by atoms with Crippen molar-refractivity contribution in [1.29, 1.82) is 0 Å². The molecule has 0 unspecified atom stereocenters. The molecule has 0 aliphatic heterocycles. The van der Waals surface area contributed by atoms with Gasteiger partial charge in [-0.2, -0.15) is 0 Å². The standard InChI is InChI=1S/C15H34BrP/c1-5-9-10-11-12-13-14-15-17(16,6-2,7-3)8-4/h5-15H2,1-4H3. The maximum absolute atomic E-state index is 4.21. The average molecular weight is 325 g/mol. The third-order valence-corrected chi connectivity index (χ3v) is 16.4. The normalized spacial score (nSPS) is 14.5. The van der Waals surface area contributed by atoms with Crippen LogP contribution in [-0.2, 0) is 0 Å². The molecule has 0 bridgehead atoms. The second-order valence-corrected chi connectivity index (χ2v) is 17.6. The molecule has 0 aliphatic rings. The minimum absolute atomic E-state index is 1.36. The Morgan fingerprint density at radius 2 is 1.06 bits per heavy atom. The summed E-state index contributed by atoms with van der Waals surface area (Å²) in [7, 11) is 0. The van der Waals surface area contributed by atoms with Crippen LogP contribution in [0.15, 0.2) is 0 Å². The fourth-order valence-electron chi connectivity index (χ4n) is 2.61. The quantitative estimate of drug-likeness (QED) is 0.294. The zero-order valence-electron chi connectivity index (χ0n) is 12.6. The van der Waals surface area contributed by atoms with E-state index < -0.39 is 5.31 Å². The van der Waals surface area contributed by atoms with Crippen LogP contribution in [0.5, 0.6) is 0 Å². The summed E-state index contributed by atoms with van der Waals surface area (Å²) in [5.41, 5.74) is 0. The van der Waals surface area contributed by atoms with Crippen LogP contribution in [0.4, 0.5) is 0 Å². The molecule has 17 heavy (non-hydrogen) atoms. The SMILES string of the molecule is CCCCCCCCCP(Br)(CC)(CC)CC. The number of hydrogen-bond donors (Lipinski definition) is 0. The van der Waals surface area contributed by atoms with Crippen LogP contribution in [0, 0.1) is 0 Å². The van der Waals surface area contributed by atoms with E-state index in [1.807, 2.05) is 0 Å². The van der Waals surface area contributed by atoms with E-state index in [2.05, 4.69) is 43.2 Å². The summed E-state index contributed by atoms with van der Waals surface area (Å²) in [6.07, 6.45) is 15.7. The molecule has 0 aromatic carbocycles.